The van der Waals surface area contributed by atoms with Crippen molar-refractivity contribution in [1.29, 1.82) is 0 Å². The van der Waals surface area contributed by atoms with E-state index in [0.29, 0.717) is 18.0 Å². The van der Waals surface area contributed by atoms with Crippen LogP contribution < -0.4 is 15.4 Å². The van der Waals surface area contributed by atoms with Crippen LogP contribution in [0.4, 0.5) is 13.2 Å². The van der Waals surface area contributed by atoms with Gasteiger partial charge < -0.3 is 20.1 Å². The topological polar surface area (TPSA) is 54.9 Å². The van der Waals surface area contributed by atoms with Gasteiger partial charge in [0.15, 0.2) is 5.96 Å². The molecule has 1 saturated heterocycles. The van der Waals surface area contributed by atoms with Crippen molar-refractivity contribution >= 4 is 29.9 Å². The Bertz CT molecular complexity index is 787. The highest BCUT2D eigenvalue weighted by molar-refractivity contribution is 14.0. The molecule has 1 aliphatic heterocycles. The van der Waals surface area contributed by atoms with Crippen LogP contribution in [0.25, 0.3) is 0 Å². The number of guanidine groups is 1. The predicted octanol–water partition coefficient (Wildman–Crippen LogP) is 4.43. The lowest BCUT2D eigenvalue weighted by atomic mass is 9.57. The molecule has 30 heavy (non-hydrogen) atoms. The molecule has 4 rings (SSSR count). The smallest absolute Gasteiger partial charge is 0.405 e. The molecule has 1 aromatic rings. The number of para-hydroxylation sites is 1. The standard InChI is InChI=1S/C21H28F3N3O2.HI/c1-4-25-19(27-17-13-9-10-28-18(13)20(17,2)3)26-15-11-14(15)12-7-5-6-8-16(12)29-21(22,23)24;/h5-8,13-15,17-18H,4,9-11H2,1-3H3,(H2,25,26,27);1H. The molecule has 2 saturated carbocycles. The molecule has 2 N–H and O–H groups in total. The van der Waals surface area contributed by atoms with E-state index in [9.17, 15) is 13.2 Å². The second-order valence-electron chi connectivity index (χ2n) is 8.69. The first-order chi connectivity index (χ1) is 13.7. The van der Waals surface area contributed by atoms with E-state index < -0.39 is 6.36 Å². The first-order valence-corrected chi connectivity index (χ1v) is 10.2. The molecule has 1 aromatic carbocycles. The van der Waals surface area contributed by atoms with Crippen molar-refractivity contribution in [1.82, 2.24) is 10.6 Å². The lowest BCUT2D eigenvalue weighted by Crippen LogP contribution is -2.68. The molecule has 0 bridgehead atoms. The van der Waals surface area contributed by atoms with Gasteiger partial charge in [0.1, 0.15) is 5.75 Å². The first-order valence-electron chi connectivity index (χ1n) is 10.2. The SMILES string of the molecule is CCN=C(NC1CC1c1ccccc1OC(F)(F)F)NC1C2CCOC2C1(C)C.I. The molecule has 0 radical (unpaired) electrons. The van der Waals surface area contributed by atoms with E-state index in [4.69, 9.17) is 4.74 Å². The van der Waals surface area contributed by atoms with Crippen LogP contribution >= 0.6 is 24.0 Å². The van der Waals surface area contributed by atoms with Crippen LogP contribution in [0.2, 0.25) is 0 Å². The van der Waals surface area contributed by atoms with E-state index in [-0.39, 0.29) is 59.2 Å². The molecule has 5 nitrogen and oxygen atoms in total. The third kappa shape index (κ3) is 4.66. The number of benzene rings is 1. The Morgan fingerprint density at radius 2 is 2.00 bits per heavy atom. The summed E-state index contributed by atoms with van der Waals surface area (Å²) >= 11 is 0. The summed E-state index contributed by atoms with van der Waals surface area (Å²) in [6.07, 6.45) is -2.63. The fourth-order valence-electron chi connectivity index (χ4n) is 4.93. The Kier molecular flexibility index (Phi) is 6.81. The highest BCUT2D eigenvalue weighted by Gasteiger charge is 2.59. The summed E-state index contributed by atoms with van der Waals surface area (Å²) in [5, 5.41) is 6.97. The number of hydrogen-bond acceptors (Lipinski definition) is 3. The third-order valence-electron chi connectivity index (χ3n) is 6.37. The van der Waals surface area contributed by atoms with Gasteiger partial charge in [-0.1, -0.05) is 32.0 Å². The second-order valence-corrected chi connectivity index (χ2v) is 8.69. The van der Waals surface area contributed by atoms with Gasteiger partial charge in [-0.05, 0) is 31.4 Å². The summed E-state index contributed by atoms with van der Waals surface area (Å²) < 4.78 is 48.2. The molecule has 0 spiro atoms. The van der Waals surface area contributed by atoms with Crippen LogP contribution in [0, 0.1) is 11.3 Å². The summed E-state index contributed by atoms with van der Waals surface area (Å²) in [5.41, 5.74) is 0.597. The van der Waals surface area contributed by atoms with Crippen LogP contribution in [0.3, 0.4) is 0 Å². The maximum Gasteiger partial charge on any atom is 0.573 e. The van der Waals surface area contributed by atoms with Crippen LogP contribution in [-0.4, -0.2) is 43.7 Å². The fourth-order valence-corrected chi connectivity index (χ4v) is 4.93. The third-order valence-corrected chi connectivity index (χ3v) is 6.37. The van der Waals surface area contributed by atoms with Crippen molar-refractivity contribution in [3.63, 3.8) is 0 Å². The van der Waals surface area contributed by atoms with Crippen LogP contribution in [0.5, 0.6) is 5.75 Å². The molecule has 5 unspecified atom stereocenters. The Morgan fingerprint density at radius 3 is 2.70 bits per heavy atom. The van der Waals surface area contributed by atoms with Crippen LogP contribution in [-0.2, 0) is 4.74 Å². The van der Waals surface area contributed by atoms with E-state index in [1.807, 2.05) is 6.92 Å². The molecule has 3 fully saturated rings. The monoisotopic (exact) mass is 539 g/mol. The largest absolute Gasteiger partial charge is 0.573 e. The fraction of sp³-hybridized carbons (Fsp3) is 0.667. The van der Waals surface area contributed by atoms with Crippen molar-refractivity contribution in [3.8, 4) is 5.75 Å². The van der Waals surface area contributed by atoms with E-state index in [1.165, 1.54) is 6.07 Å². The summed E-state index contributed by atoms with van der Waals surface area (Å²) in [4.78, 5) is 4.56. The Hall–Kier alpha value is -1.23. The number of nitrogens with one attached hydrogen (secondary N) is 2. The number of halogens is 4. The maximum atomic E-state index is 12.7. The normalized spacial score (nSPS) is 31.8. The highest BCUT2D eigenvalue weighted by Crippen LogP contribution is 2.52. The molecule has 168 valence electrons. The van der Waals surface area contributed by atoms with Gasteiger partial charge >= 0.3 is 6.36 Å². The average Bonchev–Trinajstić information content (AvgIpc) is 3.23. The van der Waals surface area contributed by atoms with Crippen molar-refractivity contribution in [2.75, 3.05) is 13.2 Å². The van der Waals surface area contributed by atoms with Crippen LogP contribution in [0.15, 0.2) is 29.3 Å². The summed E-state index contributed by atoms with van der Waals surface area (Å²) in [6, 6.07) is 6.67. The molecule has 1 heterocycles. The molecule has 3 aliphatic rings. The minimum Gasteiger partial charge on any atom is -0.405 e. The summed E-state index contributed by atoms with van der Waals surface area (Å²) in [7, 11) is 0. The van der Waals surface area contributed by atoms with Crippen molar-refractivity contribution in [2.45, 2.75) is 64.1 Å². The van der Waals surface area contributed by atoms with Gasteiger partial charge in [0.25, 0.3) is 0 Å². The van der Waals surface area contributed by atoms with Gasteiger partial charge in [-0.3, -0.25) is 4.99 Å². The highest BCUT2D eigenvalue weighted by atomic mass is 127. The lowest BCUT2D eigenvalue weighted by molar-refractivity contribution is -0.274. The zero-order valence-corrected chi connectivity index (χ0v) is 19.7. The number of alkyl halides is 3. The van der Waals surface area contributed by atoms with Crippen molar-refractivity contribution in [2.24, 2.45) is 16.3 Å². The van der Waals surface area contributed by atoms with Gasteiger partial charge in [0.05, 0.1) is 6.10 Å². The zero-order chi connectivity index (χ0) is 20.8. The van der Waals surface area contributed by atoms with Gasteiger partial charge in [-0.25, -0.2) is 0 Å². The maximum absolute atomic E-state index is 12.7. The number of nitrogens with zero attached hydrogens (tertiary/aromatic N) is 1. The number of rotatable bonds is 5. The van der Waals surface area contributed by atoms with E-state index in [1.54, 1.807) is 18.2 Å². The predicted molar refractivity (Wildman–Crippen MR) is 119 cm³/mol. The van der Waals surface area contributed by atoms with Crippen molar-refractivity contribution in [3.05, 3.63) is 29.8 Å². The number of fused-ring (bicyclic) bond motifs is 1. The van der Waals surface area contributed by atoms with Gasteiger partial charge in [-0.15, -0.1) is 37.1 Å². The van der Waals surface area contributed by atoms with Gasteiger partial charge in [0.2, 0.25) is 0 Å². The zero-order valence-electron chi connectivity index (χ0n) is 17.3. The molecule has 0 aromatic heterocycles. The Morgan fingerprint density at radius 1 is 1.27 bits per heavy atom. The lowest BCUT2D eigenvalue weighted by Gasteiger charge is -2.55. The second kappa shape index (κ2) is 8.72. The van der Waals surface area contributed by atoms with Gasteiger partial charge in [-0.2, -0.15) is 0 Å². The average molecular weight is 539 g/mol. The Balaban J connectivity index is 0.00000256. The molecule has 9 heteroatoms. The van der Waals surface area contributed by atoms with Crippen molar-refractivity contribution < 1.29 is 22.6 Å². The molecule has 0 amide bonds. The van der Waals surface area contributed by atoms with E-state index >= 15 is 0 Å². The first kappa shape index (κ1) is 23.4. The number of hydrogen-bond donors (Lipinski definition) is 2. The molecular formula is C21H29F3IN3O2. The summed E-state index contributed by atoms with van der Waals surface area (Å²) in [5.74, 6) is 1.04. The quantitative estimate of drug-likeness (QED) is 0.331. The minimum absolute atomic E-state index is 0. The number of aliphatic imine (C=N–C) groups is 1. The molecular weight excluding hydrogens is 510 g/mol. The molecule has 2 aliphatic carbocycles. The summed E-state index contributed by atoms with van der Waals surface area (Å²) in [6.45, 7) is 7.79. The Labute approximate surface area is 192 Å². The number of ether oxygens (including phenoxy) is 2. The minimum atomic E-state index is -4.69. The van der Waals surface area contributed by atoms with E-state index in [0.717, 1.165) is 25.4 Å². The van der Waals surface area contributed by atoms with Gasteiger partial charge in [0, 0.05) is 42.5 Å². The molecule has 5 atom stereocenters. The van der Waals surface area contributed by atoms with E-state index in [2.05, 4.69) is 34.2 Å². The van der Waals surface area contributed by atoms with Crippen LogP contribution in [0.1, 0.15) is 45.1 Å².